The molecule has 1 aromatic rings. The molecule has 1 aromatic carbocycles. The Morgan fingerprint density at radius 1 is 1.18 bits per heavy atom. The van der Waals surface area contributed by atoms with Gasteiger partial charge in [0.2, 0.25) is 11.8 Å². The summed E-state index contributed by atoms with van der Waals surface area (Å²) in [4.78, 5) is 26.0. The topological polar surface area (TPSA) is 70.7 Å². The number of nitrogens with one attached hydrogen (secondary N) is 2. The SMILES string of the molecule is O=C1CCC(C(=O)N[C@H]2CCCN(c3ccc(OC(F)(F)F)cc3)C2)CCN1. The van der Waals surface area contributed by atoms with Gasteiger partial charge in [0.25, 0.3) is 0 Å². The van der Waals surface area contributed by atoms with Gasteiger partial charge >= 0.3 is 6.36 Å². The molecule has 0 spiro atoms. The number of benzene rings is 1. The number of carbonyl (C=O) groups excluding carboxylic acids is 2. The maximum absolute atomic E-state index is 12.6. The van der Waals surface area contributed by atoms with Gasteiger partial charge in [-0.1, -0.05) is 0 Å². The highest BCUT2D eigenvalue weighted by molar-refractivity contribution is 5.82. The number of amides is 2. The summed E-state index contributed by atoms with van der Waals surface area (Å²) in [5, 5.41) is 5.85. The first-order valence-corrected chi connectivity index (χ1v) is 9.48. The van der Waals surface area contributed by atoms with E-state index >= 15 is 0 Å². The van der Waals surface area contributed by atoms with Gasteiger partial charge in [-0.05, 0) is 49.9 Å². The fraction of sp³-hybridized carbons (Fsp3) is 0.579. The monoisotopic (exact) mass is 399 g/mol. The van der Waals surface area contributed by atoms with Crippen LogP contribution in [0.4, 0.5) is 18.9 Å². The number of rotatable bonds is 4. The molecule has 2 N–H and O–H groups in total. The van der Waals surface area contributed by atoms with E-state index in [0.717, 1.165) is 25.1 Å². The number of hydrogen-bond acceptors (Lipinski definition) is 4. The Morgan fingerprint density at radius 3 is 2.64 bits per heavy atom. The van der Waals surface area contributed by atoms with Crippen LogP contribution in [0.15, 0.2) is 24.3 Å². The summed E-state index contributed by atoms with van der Waals surface area (Å²) < 4.78 is 40.7. The molecule has 28 heavy (non-hydrogen) atoms. The Kier molecular flexibility index (Phi) is 6.31. The lowest BCUT2D eigenvalue weighted by Crippen LogP contribution is -2.49. The molecule has 2 aliphatic rings. The zero-order chi connectivity index (χ0) is 20.1. The highest BCUT2D eigenvalue weighted by atomic mass is 19.4. The Hall–Kier alpha value is -2.45. The second kappa shape index (κ2) is 8.70. The van der Waals surface area contributed by atoms with Crippen LogP contribution in [0, 0.1) is 5.92 Å². The van der Waals surface area contributed by atoms with E-state index in [1.54, 1.807) is 12.1 Å². The molecule has 2 saturated heterocycles. The van der Waals surface area contributed by atoms with Crippen LogP contribution in [-0.2, 0) is 9.59 Å². The molecule has 0 aliphatic carbocycles. The quantitative estimate of drug-likeness (QED) is 0.817. The molecule has 2 aliphatic heterocycles. The van der Waals surface area contributed by atoms with Crippen molar-refractivity contribution in [2.24, 2.45) is 5.92 Å². The van der Waals surface area contributed by atoms with Gasteiger partial charge in [0.15, 0.2) is 0 Å². The normalized spacial score (nSPS) is 23.5. The first kappa shape index (κ1) is 20.3. The standard InChI is InChI=1S/C19H24F3N3O3/c20-19(21,22)28-16-6-4-15(5-7-16)25-11-1-2-14(12-25)24-18(27)13-3-8-17(26)23-10-9-13/h4-7,13-14H,1-3,8-12H2,(H,23,26)(H,24,27)/t13?,14-/m0/s1. The van der Waals surface area contributed by atoms with Crippen molar-refractivity contribution in [3.05, 3.63) is 24.3 Å². The van der Waals surface area contributed by atoms with Gasteiger partial charge in [0.1, 0.15) is 5.75 Å². The van der Waals surface area contributed by atoms with Gasteiger partial charge in [0.05, 0.1) is 0 Å². The van der Waals surface area contributed by atoms with Crippen molar-refractivity contribution in [3.63, 3.8) is 0 Å². The smallest absolute Gasteiger partial charge is 0.406 e. The van der Waals surface area contributed by atoms with Crippen LogP contribution in [0.5, 0.6) is 5.75 Å². The van der Waals surface area contributed by atoms with E-state index in [1.807, 2.05) is 4.90 Å². The summed E-state index contributed by atoms with van der Waals surface area (Å²) in [6.45, 7) is 1.88. The minimum Gasteiger partial charge on any atom is -0.406 e. The van der Waals surface area contributed by atoms with Gasteiger partial charge < -0.3 is 20.3 Å². The van der Waals surface area contributed by atoms with E-state index in [0.29, 0.717) is 32.4 Å². The van der Waals surface area contributed by atoms with Crippen molar-refractivity contribution < 1.29 is 27.5 Å². The van der Waals surface area contributed by atoms with Crippen LogP contribution in [0.25, 0.3) is 0 Å². The summed E-state index contributed by atoms with van der Waals surface area (Å²) in [6.07, 6.45) is -1.44. The molecule has 9 heteroatoms. The average molecular weight is 399 g/mol. The summed E-state index contributed by atoms with van der Waals surface area (Å²) in [7, 11) is 0. The second-order valence-corrected chi connectivity index (χ2v) is 7.21. The molecular weight excluding hydrogens is 375 g/mol. The number of piperidine rings is 1. The van der Waals surface area contributed by atoms with Gasteiger partial charge in [-0.3, -0.25) is 9.59 Å². The molecular formula is C19H24F3N3O3. The molecule has 0 saturated carbocycles. The van der Waals surface area contributed by atoms with Crippen molar-refractivity contribution in [2.75, 3.05) is 24.5 Å². The van der Waals surface area contributed by atoms with Crippen molar-refractivity contribution >= 4 is 17.5 Å². The van der Waals surface area contributed by atoms with Crippen LogP contribution < -0.4 is 20.3 Å². The predicted octanol–water partition coefficient (Wildman–Crippen LogP) is 2.59. The lowest BCUT2D eigenvalue weighted by atomic mass is 9.98. The van der Waals surface area contributed by atoms with Crippen molar-refractivity contribution in [2.45, 2.75) is 44.5 Å². The molecule has 0 radical (unpaired) electrons. The minimum absolute atomic E-state index is 0.0166. The Labute approximate surface area is 161 Å². The first-order valence-electron chi connectivity index (χ1n) is 9.48. The summed E-state index contributed by atoms with van der Waals surface area (Å²) in [5.41, 5.74) is 0.790. The largest absolute Gasteiger partial charge is 0.573 e. The zero-order valence-corrected chi connectivity index (χ0v) is 15.4. The molecule has 154 valence electrons. The highest BCUT2D eigenvalue weighted by Crippen LogP contribution is 2.27. The number of alkyl halides is 3. The third kappa shape index (κ3) is 5.77. The first-order chi connectivity index (χ1) is 13.3. The van der Waals surface area contributed by atoms with E-state index in [1.165, 1.54) is 12.1 Å². The van der Waals surface area contributed by atoms with Crippen molar-refractivity contribution in [1.29, 1.82) is 0 Å². The molecule has 2 heterocycles. The molecule has 6 nitrogen and oxygen atoms in total. The fourth-order valence-electron chi connectivity index (χ4n) is 3.69. The number of carbonyl (C=O) groups is 2. The lowest BCUT2D eigenvalue weighted by molar-refractivity contribution is -0.274. The number of halogens is 3. The molecule has 3 rings (SSSR count). The fourth-order valence-corrected chi connectivity index (χ4v) is 3.69. The molecule has 1 unspecified atom stereocenters. The number of anilines is 1. The van der Waals surface area contributed by atoms with Crippen LogP contribution >= 0.6 is 0 Å². The molecule has 0 bridgehead atoms. The van der Waals surface area contributed by atoms with Crippen LogP contribution in [0.3, 0.4) is 0 Å². The van der Waals surface area contributed by atoms with E-state index in [9.17, 15) is 22.8 Å². The Bertz CT molecular complexity index is 694. The highest BCUT2D eigenvalue weighted by Gasteiger charge is 2.31. The van der Waals surface area contributed by atoms with Crippen molar-refractivity contribution in [1.82, 2.24) is 10.6 Å². The second-order valence-electron chi connectivity index (χ2n) is 7.21. The van der Waals surface area contributed by atoms with Crippen LogP contribution in [0.1, 0.15) is 32.1 Å². The van der Waals surface area contributed by atoms with E-state index in [4.69, 9.17) is 0 Å². The summed E-state index contributed by atoms with van der Waals surface area (Å²) >= 11 is 0. The molecule has 2 atom stereocenters. The third-order valence-electron chi connectivity index (χ3n) is 5.11. The Balaban J connectivity index is 1.55. The number of nitrogens with zero attached hydrogens (tertiary/aromatic N) is 1. The van der Waals surface area contributed by atoms with Gasteiger partial charge in [0, 0.05) is 43.7 Å². The number of ether oxygens (including phenoxy) is 1. The maximum Gasteiger partial charge on any atom is 0.573 e. The maximum atomic E-state index is 12.6. The Morgan fingerprint density at radius 2 is 1.93 bits per heavy atom. The summed E-state index contributed by atoms with van der Waals surface area (Å²) in [5.74, 6) is -0.475. The molecule has 2 amide bonds. The lowest BCUT2D eigenvalue weighted by Gasteiger charge is -2.35. The molecule has 0 aromatic heterocycles. The number of hydrogen-bond donors (Lipinski definition) is 2. The van der Waals surface area contributed by atoms with Crippen LogP contribution in [-0.4, -0.2) is 43.9 Å². The minimum atomic E-state index is -4.71. The van der Waals surface area contributed by atoms with E-state index in [-0.39, 0.29) is 29.5 Å². The van der Waals surface area contributed by atoms with Gasteiger partial charge in [-0.15, -0.1) is 13.2 Å². The van der Waals surface area contributed by atoms with Crippen LogP contribution in [0.2, 0.25) is 0 Å². The van der Waals surface area contributed by atoms with E-state index < -0.39 is 6.36 Å². The van der Waals surface area contributed by atoms with E-state index in [2.05, 4.69) is 15.4 Å². The third-order valence-corrected chi connectivity index (χ3v) is 5.11. The zero-order valence-electron chi connectivity index (χ0n) is 15.4. The summed E-state index contributed by atoms with van der Waals surface area (Å²) in [6, 6.07) is 5.74. The predicted molar refractivity (Wildman–Crippen MR) is 96.9 cm³/mol. The van der Waals surface area contributed by atoms with Gasteiger partial charge in [-0.2, -0.15) is 0 Å². The molecule has 2 fully saturated rings. The van der Waals surface area contributed by atoms with Crippen molar-refractivity contribution in [3.8, 4) is 5.75 Å². The average Bonchev–Trinajstić information content (AvgIpc) is 2.86. The van der Waals surface area contributed by atoms with Gasteiger partial charge in [-0.25, -0.2) is 0 Å².